The van der Waals surface area contributed by atoms with E-state index < -0.39 is 0 Å². The van der Waals surface area contributed by atoms with E-state index in [0.29, 0.717) is 12.0 Å². The summed E-state index contributed by atoms with van der Waals surface area (Å²) in [5, 5.41) is 3.49. The molecule has 0 saturated heterocycles. The Hall–Kier alpha value is -0.860. The average Bonchev–Trinajstić information content (AvgIpc) is 2.96. The molecule has 1 aromatic carbocycles. The zero-order valence-corrected chi connectivity index (χ0v) is 12.1. The molecule has 0 aliphatic heterocycles. The number of benzene rings is 1. The molecule has 1 N–H and O–H groups in total. The van der Waals surface area contributed by atoms with Crippen molar-refractivity contribution in [1.82, 2.24) is 5.32 Å². The van der Waals surface area contributed by atoms with Gasteiger partial charge in [-0.15, -0.1) is 0 Å². The molecule has 0 aromatic heterocycles. The highest BCUT2D eigenvalue weighted by atomic mass is 16.5. The summed E-state index contributed by atoms with van der Waals surface area (Å²) in [5.41, 5.74) is 1.44. The minimum absolute atomic E-state index is 0.546. The van der Waals surface area contributed by atoms with Gasteiger partial charge in [-0.25, -0.2) is 0 Å². The summed E-state index contributed by atoms with van der Waals surface area (Å²) in [6.45, 7) is 5.22. The highest BCUT2D eigenvalue weighted by Crippen LogP contribution is 2.20. The van der Waals surface area contributed by atoms with Crippen LogP contribution in [0.4, 0.5) is 0 Å². The van der Waals surface area contributed by atoms with Gasteiger partial charge in [0.1, 0.15) is 0 Å². The van der Waals surface area contributed by atoms with Crippen molar-refractivity contribution in [3.8, 4) is 0 Å². The highest BCUT2D eigenvalue weighted by Gasteiger charge is 2.14. The lowest BCUT2D eigenvalue weighted by Gasteiger charge is -2.14. The van der Waals surface area contributed by atoms with Gasteiger partial charge in [0.15, 0.2) is 0 Å². The fourth-order valence-corrected chi connectivity index (χ4v) is 2.74. The van der Waals surface area contributed by atoms with Crippen LogP contribution in [0.2, 0.25) is 0 Å². The second-order valence-corrected chi connectivity index (χ2v) is 5.63. The third-order valence-electron chi connectivity index (χ3n) is 4.06. The lowest BCUT2D eigenvalue weighted by atomic mass is 9.98. The van der Waals surface area contributed by atoms with Crippen LogP contribution in [-0.2, 0) is 4.74 Å². The Bertz CT molecular complexity index is 332. The summed E-state index contributed by atoms with van der Waals surface area (Å²) in [7, 11) is 0. The van der Waals surface area contributed by atoms with Gasteiger partial charge < -0.3 is 10.1 Å². The van der Waals surface area contributed by atoms with Gasteiger partial charge in [0, 0.05) is 6.54 Å². The molecule has 1 aromatic rings. The molecule has 106 valence electrons. The molecular weight excluding hydrogens is 234 g/mol. The molecule has 19 heavy (non-hydrogen) atoms. The molecule has 1 fully saturated rings. The van der Waals surface area contributed by atoms with Crippen molar-refractivity contribution in [3.63, 3.8) is 0 Å². The van der Waals surface area contributed by atoms with Gasteiger partial charge in [-0.1, -0.05) is 50.1 Å². The van der Waals surface area contributed by atoms with E-state index in [1.165, 1.54) is 37.7 Å². The van der Waals surface area contributed by atoms with E-state index in [0.717, 1.165) is 19.7 Å². The van der Waals surface area contributed by atoms with E-state index in [-0.39, 0.29) is 0 Å². The second kappa shape index (κ2) is 8.34. The largest absolute Gasteiger partial charge is 0.377 e. The number of hydrogen-bond donors (Lipinski definition) is 1. The Kier molecular flexibility index (Phi) is 6.38. The molecule has 1 saturated carbocycles. The maximum Gasteiger partial charge on any atom is 0.0594 e. The summed E-state index contributed by atoms with van der Waals surface area (Å²) < 4.78 is 5.83. The Balaban J connectivity index is 1.49. The fourth-order valence-electron chi connectivity index (χ4n) is 2.74. The third kappa shape index (κ3) is 5.33. The van der Waals surface area contributed by atoms with E-state index in [9.17, 15) is 0 Å². The van der Waals surface area contributed by atoms with Crippen molar-refractivity contribution >= 4 is 0 Å². The zero-order valence-electron chi connectivity index (χ0n) is 12.1. The molecule has 0 radical (unpaired) electrons. The normalized spacial score (nSPS) is 17.7. The van der Waals surface area contributed by atoms with Gasteiger partial charge >= 0.3 is 0 Å². The molecule has 2 heteroatoms. The minimum atomic E-state index is 0.546. The molecule has 2 nitrogen and oxygen atoms in total. The van der Waals surface area contributed by atoms with Gasteiger partial charge in [-0.05, 0) is 37.3 Å². The van der Waals surface area contributed by atoms with Crippen molar-refractivity contribution in [2.45, 2.75) is 51.0 Å². The first-order valence-corrected chi connectivity index (χ1v) is 7.73. The molecule has 0 heterocycles. The van der Waals surface area contributed by atoms with Crippen LogP contribution in [0.5, 0.6) is 0 Å². The van der Waals surface area contributed by atoms with Crippen LogP contribution >= 0.6 is 0 Å². The number of rotatable bonds is 8. The van der Waals surface area contributed by atoms with Crippen LogP contribution in [0.1, 0.15) is 50.5 Å². The van der Waals surface area contributed by atoms with Crippen molar-refractivity contribution in [2.75, 3.05) is 19.7 Å². The predicted octanol–water partition coefficient (Wildman–Crippen LogP) is 3.73. The Morgan fingerprint density at radius 2 is 1.89 bits per heavy atom. The Morgan fingerprint density at radius 3 is 2.63 bits per heavy atom. The first kappa shape index (κ1) is 14.5. The van der Waals surface area contributed by atoms with Gasteiger partial charge in [0.2, 0.25) is 0 Å². The Labute approximate surface area is 117 Å². The van der Waals surface area contributed by atoms with E-state index in [2.05, 4.69) is 42.6 Å². The van der Waals surface area contributed by atoms with Crippen LogP contribution in [0.15, 0.2) is 30.3 Å². The summed E-state index contributed by atoms with van der Waals surface area (Å²) in [6.07, 6.45) is 6.98. The first-order chi connectivity index (χ1) is 9.36. The number of ether oxygens (including phenoxy) is 1. The van der Waals surface area contributed by atoms with Gasteiger partial charge in [0.25, 0.3) is 0 Å². The SMILES string of the molecule is CC(CCNCCOC1CCCC1)c1ccccc1. The summed E-state index contributed by atoms with van der Waals surface area (Å²) in [4.78, 5) is 0. The lowest BCUT2D eigenvalue weighted by Crippen LogP contribution is -2.24. The van der Waals surface area contributed by atoms with Gasteiger partial charge in [0.05, 0.1) is 12.7 Å². The monoisotopic (exact) mass is 261 g/mol. The van der Waals surface area contributed by atoms with Crippen molar-refractivity contribution in [1.29, 1.82) is 0 Å². The number of nitrogens with one attached hydrogen (secondary N) is 1. The van der Waals surface area contributed by atoms with Crippen molar-refractivity contribution in [3.05, 3.63) is 35.9 Å². The van der Waals surface area contributed by atoms with Crippen molar-refractivity contribution in [2.24, 2.45) is 0 Å². The topological polar surface area (TPSA) is 21.3 Å². The minimum Gasteiger partial charge on any atom is -0.377 e. The van der Waals surface area contributed by atoms with E-state index in [1.54, 1.807) is 0 Å². The third-order valence-corrected chi connectivity index (χ3v) is 4.06. The molecule has 1 aliphatic rings. The van der Waals surface area contributed by atoms with Crippen LogP contribution in [0, 0.1) is 0 Å². The standard InChI is InChI=1S/C17H27NO/c1-15(16-7-3-2-4-8-16)11-12-18-13-14-19-17-9-5-6-10-17/h2-4,7-8,15,17-18H,5-6,9-14H2,1H3. The average molecular weight is 261 g/mol. The fraction of sp³-hybridized carbons (Fsp3) is 0.647. The number of hydrogen-bond acceptors (Lipinski definition) is 2. The van der Waals surface area contributed by atoms with E-state index in [1.807, 2.05) is 0 Å². The van der Waals surface area contributed by atoms with E-state index >= 15 is 0 Å². The molecular formula is C17H27NO. The van der Waals surface area contributed by atoms with Crippen LogP contribution in [-0.4, -0.2) is 25.8 Å². The second-order valence-electron chi connectivity index (χ2n) is 5.63. The maximum absolute atomic E-state index is 5.83. The maximum atomic E-state index is 5.83. The molecule has 0 spiro atoms. The molecule has 1 atom stereocenters. The van der Waals surface area contributed by atoms with Crippen molar-refractivity contribution < 1.29 is 4.74 Å². The Morgan fingerprint density at radius 1 is 1.16 bits per heavy atom. The van der Waals surface area contributed by atoms with Crippen LogP contribution in [0.25, 0.3) is 0 Å². The van der Waals surface area contributed by atoms with Gasteiger partial charge in [-0.2, -0.15) is 0 Å². The van der Waals surface area contributed by atoms with Crippen LogP contribution in [0.3, 0.4) is 0 Å². The highest BCUT2D eigenvalue weighted by molar-refractivity contribution is 5.18. The summed E-state index contributed by atoms with van der Waals surface area (Å²) in [5.74, 6) is 0.629. The summed E-state index contributed by atoms with van der Waals surface area (Å²) in [6, 6.07) is 10.7. The quantitative estimate of drug-likeness (QED) is 0.720. The smallest absolute Gasteiger partial charge is 0.0594 e. The zero-order chi connectivity index (χ0) is 13.3. The molecule has 0 bridgehead atoms. The van der Waals surface area contributed by atoms with E-state index in [4.69, 9.17) is 4.74 Å². The van der Waals surface area contributed by atoms with Gasteiger partial charge in [-0.3, -0.25) is 0 Å². The molecule has 2 rings (SSSR count). The molecule has 1 aliphatic carbocycles. The lowest BCUT2D eigenvalue weighted by molar-refractivity contribution is 0.0604. The molecule has 1 unspecified atom stereocenters. The molecule has 0 amide bonds. The summed E-state index contributed by atoms with van der Waals surface area (Å²) >= 11 is 0. The van der Waals surface area contributed by atoms with Crippen LogP contribution < -0.4 is 5.32 Å². The predicted molar refractivity (Wildman–Crippen MR) is 80.6 cm³/mol. The first-order valence-electron chi connectivity index (χ1n) is 7.73.